The molecule has 0 aliphatic rings. The molecule has 0 saturated heterocycles. The molecule has 0 bridgehead atoms. The maximum absolute atomic E-state index is 11.9. The highest BCUT2D eigenvalue weighted by molar-refractivity contribution is 5.85. The second kappa shape index (κ2) is 4.97. The first kappa shape index (κ1) is 13.2. The van der Waals surface area contributed by atoms with Crippen molar-refractivity contribution in [2.75, 3.05) is 5.32 Å². The molecule has 0 aromatic carbocycles. The monoisotopic (exact) mass is 285 g/mol. The Kier molecular flexibility index (Phi) is 3.13. The lowest BCUT2D eigenvalue weighted by Crippen LogP contribution is -2.20. The van der Waals surface area contributed by atoms with Gasteiger partial charge in [0.1, 0.15) is 12.1 Å². The van der Waals surface area contributed by atoms with Crippen LogP contribution >= 0.6 is 0 Å². The van der Waals surface area contributed by atoms with Crippen molar-refractivity contribution in [3.05, 3.63) is 39.7 Å². The lowest BCUT2D eigenvalue weighted by atomic mass is 10.1. The van der Waals surface area contributed by atoms with E-state index >= 15 is 0 Å². The van der Waals surface area contributed by atoms with E-state index in [0.29, 0.717) is 23.6 Å². The van der Waals surface area contributed by atoms with Gasteiger partial charge >= 0.3 is 0 Å². The third-order valence-electron chi connectivity index (χ3n) is 3.46. The zero-order chi connectivity index (χ0) is 15.0. The van der Waals surface area contributed by atoms with Gasteiger partial charge in [0.05, 0.1) is 11.1 Å². The molecule has 3 aromatic rings. The number of nitrogens with zero attached hydrogens (tertiary/aromatic N) is 5. The van der Waals surface area contributed by atoms with Gasteiger partial charge in [-0.1, -0.05) is 0 Å². The van der Waals surface area contributed by atoms with Crippen molar-refractivity contribution >= 4 is 16.9 Å². The number of H-pyrrole nitrogens is 1. The van der Waals surface area contributed by atoms with E-state index in [2.05, 4.69) is 30.6 Å². The van der Waals surface area contributed by atoms with E-state index in [0.717, 1.165) is 16.6 Å². The molecule has 0 fully saturated rings. The maximum atomic E-state index is 11.9. The number of hydrogen-bond donors (Lipinski definition) is 2. The van der Waals surface area contributed by atoms with Crippen molar-refractivity contribution in [1.82, 2.24) is 29.9 Å². The van der Waals surface area contributed by atoms with Gasteiger partial charge in [0, 0.05) is 25.4 Å². The molecule has 0 aliphatic carbocycles. The fraction of sp³-hybridized carbons (Fsp3) is 0.308. The normalized spacial score (nSPS) is 11.0. The summed E-state index contributed by atoms with van der Waals surface area (Å²) in [6.45, 7) is 4.11. The summed E-state index contributed by atoms with van der Waals surface area (Å²) >= 11 is 0. The van der Waals surface area contributed by atoms with Crippen LogP contribution in [0.2, 0.25) is 0 Å². The van der Waals surface area contributed by atoms with Crippen LogP contribution in [-0.2, 0) is 13.6 Å². The van der Waals surface area contributed by atoms with Crippen LogP contribution in [0.4, 0.5) is 5.82 Å². The predicted molar refractivity (Wildman–Crippen MR) is 78.0 cm³/mol. The number of anilines is 1. The molecule has 0 radical (unpaired) electrons. The number of fused-ring (bicyclic) bond motifs is 1. The Morgan fingerprint density at radius 1 is 1.33 bits per heavy atom. The van der Waals surface area contributed by atoms with Crippen molar-refractivity contribution in [3.8, 4) is 0 Å². The molecule has 0 amide bonds. The maximum Gasteiger partial charge on any atom is 0.269 e. The molecule has 0 atom stereocenters. The van der Waals surface area contributed by atoms with E-state index in [9.17, 15) is 4.79 Å². The molecule has 0 unspecified atom stereocenters. The van der Waals surface area contributed by atoms with Crippen LogP contribution < -0.4 is 10.9 Å². The highest BCUT2D eigenvalue weighted by atomic mass is 16.1. The molecule has 8 nitrogen and oxygen atoms in total. The lowest BCUT2D eigenvalue weighted by molar-refractivity contribution is 0.775. The van der Waals surface area contributed by atoms with E-state index in [-0.39, 0.29) is 5.56 Å². The van der Waals surface area contributed by atoms with E-state index in [4.69, 9.17) is 0 Å². The minimum absolute atomic E-state index is 0.193. The summed E-state index contributed by atoms with van der Waals surface area (Å²) in [6.07, 6.45) is 3.29. The van der Waals surface area contributed by atoms with Gasteiger partial charge < -0.3 is 5.32 Å². The Balaban J connectivity index is 1.94. The Morgan fingerprint density at radius 2 is 2.14 bits per heavy atom. The molecule has 2 N–H and O–H groups in total. The number of aryl methyl sites for hydroxylation is 2. The largest absolute Gasteiger partial charge is 0.365 e. The standard InChI is InChI=1S/C13H15N7O/c1-7-8(2)17-18-13(21)9(7)4-14-11-10-5-20(3)19-12(10)16-6-15-11/h5-6H,4H2,1-3H3,(H,18,21)(H,14,15,16,19). The van der Waals surface area contributed by atoms with E-state index in [1.54, 1.807) is 4.68 Å². The van der Waals surface area contributed by atoms with Crippen molar-refractivity contribution in [2.45, 2.75) is 20.4 Å². The molecule has 0 aliphatic heterocycles. The summed E-state index contributed by atoms with van der Waals surface area (Å²) in [4.78, 5) is 20.2. The number of aromatic amines is 1. The second-order valence-corrected chi connectivity index (χ2v) is 4.86. The number of aromatic nitrogens is 6. The Bertz CT molecular complexity index is 865. The lowest BCUT2D eigenvalue weighted by Gasteiger charge is -2.08. The Labute approximate surface area is 120 Å². The van der Waals surface area contributed by atoms with Crippen molar-refractivity contribution in [3.63, 3.8) is 0 Å². The van der Waals surface area contributed by atoms with Gasteiger partial charge in [-0.05, 0) is 19.4 Å². The summed E-state index contributed by atoms with van der Waals surface area (Å²) in [6, 6.07) is 0. The predicted octanol–water partition coefficient (Wildman–Crippen LogP) is 0.676. The smallest absolute Gasteiger partial charge is 0.269 e. The third kappa shape index (κ3) is 2.35. The number of nitrogens with one attached hydrogen (secondary N) is 2. The molecule has 8 heteroatoms. The SMILES string of the molecule is Cc1n[nH]c(=O)c(CNc2ncnc3nn(C)cc23)c1C. The van der Waals surface area contributed by atoms with Crippen LogP contribution in [0.25, 0.3) is 11.0 Å². The van der Waals surface area contributed by atoms with Crippen LogP contribution in [0.1, 0.15) is 16.8 Å². The zero-order valence-corrected chi connectivity index (χ0v) is 12.0. The van der Waals surface area contributed by atoms with E-state index in [1.165, 1.54) is 6.33 Å². The first-order valence-electron chi connectivity index (χ1n) is 6.49. The summed E-state index contributed by atoms with van der Waals surface area (Å²) in [5, 5.41) is 14.7. The van der Waals surface area contributed by atoms with Gasteiger partial charge in [0.15, 0.2) is 5.65 Å². The molecule has 21 heavy (non-hydrogen) atoms. The zero-order valence-electron chi connectivity index (χ0n) is 12.0. The fourth-order valence-corrected chi connectivity index (χ4v) is 2.15. The molecular formula is C13H15N7O. The van der Waals surface area contributed by atoms with Crippen LogP contribution in [0, 0.1) is 13.8 Å². The highest BCUT2D eigenvalue weighted by Gasteiger charge is 2.10. The van der Waals surface area contributed by atoms with Gasteiger partial charge in [-0.25, -0.2) is 15.1 Å². The fourth-order valence-electron chi connectivity index (χ4n) is 2.15. The average Bonchev–Trinajstić information content (AvgIpc) is 2.84. The summed E-state index contributed by atoms with van der Waals surface area (Å²) in [5.74, 6) is 0.654. The second-order valence-electron chi connectivity index (χ2n) is 4.86. The van der Waals surface area contributed by atoms with Crippen molar-refractivity contribution in [2.24, 2.45) is 7.05 Å². The van der Waals surface area contributed by atoms with E-state index < -0.39 is 0 Å². The van der Waals surface area contributed by atoms with Crippen molar-refractivity contribution < 1.29 is 0 Å². The van der Waals surface area contributed by atoms with E-state index in [1.807, 2.05) is 27.1 Å². The first-order chi connectivity index (χ1) is 10.1. The molecule has 108 valence electrons. The number of rotatable bonds is 3. The van der Waals surface area contributed by atoms with Gasteiger partial charge in [0.25, 0.3) is 5.56 Å². The van der Waals surface area contributed by atoms with Crippen LogP contribution in [0.3, 0.4) is 0 Å². The highest BCUT2D eigenvalue weighted by Crippen LogP contribution is 2.18. The molecule has 0 saturated carbocycles. The third-order valence-corrected chi connectivity index (χ3v) is 3.46. The minimum Gasteiger partial charge on any atom is -0.365 e. The average molecular weight is 285 g/mol. The number of hydrogen-bond acceptors (Lipinski definition) is 6. The van der Waals surface area contributed by atoms with Crippen LogP contribution in [0.15, 0.2) is 17.3 Å². The van der Waals surface area contributed by atoms with Crippen LogP contribution in [-0.4, -0.2) is 29.9 Å². The van der Waals surface area contributed by atoms with Crippen molar-refractivity contribution in [1.29, 1.82) is 0 Å². The first-order valence-corrected chi connectivity index (χ1v) is 6.49. The molecule has 0 spiro atoms. The quantitative estimate of drug-likeness (QED) is 0.733. The Morgan fingerprint density at radius 3 is 2.95 bits per heavy atom. The molecule has 3 aromatic heterocycles. The minimum atomic E-state index is -0.193. The molecule has 3 heterocycles. The topological polar surface area (TPSA) is 101 Å². The van der Waals surface area contributed by atoms with Gasteiger partial charge in [0.2, 0.25) is 0 Å². The summed E-state index contributed by atoms with van der Waals surface area (Å²) < 4.78 is 1.68. The summed E-state index contributed by atoms with van der Waals surface area (Å²) in [7, 11) is 1.83. The van der Waals surface area contributed by atoms with Gasteiger partial charge in [-0.2, -0.15) is 10.2 Å². The van der Waals surface area contributed by atoms with Gasteiger partial charge in [-0.15, -0.1) is 0 Å². The Hall–Kier alpha value is -2.77. The van der Waals surface area contributed by atoms with Crippen LogP contribution in [0.5, 0.6) is 0 Å². The summed E-state index contributed by atoms with van der Waals surface area (Å²) in [5.41, 5.74) is 2.76. The molecule has 3 rings (SSSR count). The van der Waals surface area contributed by atoms with Gasteiger partial charge in [-0.3, -0.25) is 9.48 Å². The molecular weight excluding hydrogens is 270 g/mol.